The van der Waals surface area contributed by atoms with Gasteiger partial charge in [0, 0.05) is 35.9 Å². The number of carbonyl (C=O) groups is 2. The number of nitrogens with zero attached hydrogens (tertiary/aromatic N) is 2. The normalized spacial score (nSPS) is 15.5. The van der Waals surface area contributed by atoms with Gasteiger partial charge in [0.15, 0.2) is 11.5 Å². The lowest BCUT2D eigenvalue weighted by molar-refractivity contribution is -0.117. The number of hydrogen-bond acceptors (Lipinski definition) is 6. The summed E-state index contributed by atoms with van der Waals surface area (Å²) >= 11 is 12.4. The smallest absolute Gasteiger partial charge is 0.294 e. The van der Waals surface area contributed by atoms with Crippen molar-refractivity contribution in [2.75, 3.05) is 31.0 Å². The summed E-state index contributed by atoms with van der Waals surface area (Å²) in [5.41, 5.74) is 2.31. The number of hydrogen-bond donors (Lipinski definition) is 1. The van der Waals surface area contributed by atoms with E-state index < -0.39 is 23.5 Å². The molecule has 0 fully saturated rings. The Hall–Kier alpha value is -3.94. The largest absolute Gasteiger partial charge is 0.503 e. The number of Topliss-reactive ketones (excluding diaryl/α,β-unsaturated/α-hetero) is 1. The average Bonchev–Trinajstić information content (AvgIpc) is 3.42. The summed E-state index contributed by atoms with van der Waals surface area (Å²) in [6.45, 7) is 0. The van der Waals surface area contributed by atoms with Crippen LogP contribution in [0.15, 0.2) is 82.5 Å². The summed E-state index contributed by atoms with van der Waals surface area (Å²) in [7, 11) is 5.31. The molecule has 1 aromatic heterocycles. The van der Waals surface area contributed by atoms with E-state index in [0.717, 1.165) is 5.69 Å². The minimum atomic E-state index is -0.933. The third-order valence-electron chi connectivity index (χ3n) is 6.29. The van der Waals surface area contributed by atoms with Crippen LogP contribution in [0.1, 0.15) is 22.2 Å². The number of amides is 1. The maximum atomic E-state index is 13.8. The second kappa shape index (κ2) is 9.50. The molecule has 0 radical (unpaired) electrons. The molecule has 0 saturated carbocycles. The van der Waals surface area contributed by atoms with Gasteiger partial charge in [0.05, 0.1) is 23.7 Å². The minimum Gasteiger partial charge on any atom is -0.503 e. The molecule has 1 amide bonds. The Bertz CT molecular complexity index is 1570. The van der Waals surface area contributed by atoms with Crippen molar-refractivity contribution >= 4 is 57.2 Å². The van der Waals surface area contributed by atoms with E-state index in [1.165, 1.54) is 12.0 Å². The molecule has 1 aliphatic heterocycles. The van der Waals surface area contributed by atoms with E-state index in [1.54, 1.807) is 42.5 Å². The van der Waals surface area contributed by atoms with Gasteiger partial charge in [-0.05, 0) is 60.2 Å². The Morgan fingerprint density at radius 3 is 2.41 bits per heavy atom. The van der Waals surface area contributed by atoms with Crippen molar-refractivity contribution in [3.05, 3.63) is 99.4 Å². The highest BCUT2D eigenvalue weighted by atomic mass is 35.5. The molecule has 4 aromatic rings. The Morgan fingerprint density at radius 2 is 1.76 bits per heavy atom. The summed E-state index contributed by atoms with van der Waals surface area (Å²) in [6.07, 6.45) is 0. The molecule has 7 nitrogen and oxygen atoms in total. The highest BCUT2D eigenvalue weighted by molar-refractivity contribution is 6.32. The van der Waals surface area contributed by atoms with Crippen LogP contribution in [0.3, 0.4) is 0 Å². The third kappa shape index (κ3) is 4.30. The maximum Gasteiger partial charge on any atom is 0.294 e. The maximum absolute atomic E-state index is 13.8. The van der Waals surface area contributed by atoms with Gasteiger partial charge in [-0.1, -0.05) is 35.3 Å². The number of carbonyl (C=O) groups excluding carboxylic acids is 2. The molecule has 2 heterocycles. The molecule has 37 heavy (non-hydrogen) atoms. The first kappa shape index (κ1) is 24.7. The van der Waals surface area contributed by atoms with E-state index >= 15 is 0 Å². The molecule has 0 bridgehead atoms. The standard InChI is InChI=1S/C28H22Cl2N2O5/c1-31(2)18-7-4-15(5-8-18)25-24(26(33)23-13-16-12-17(29)6-10-21(16)37-23)27(34)28(35)32(25)19-9-11-22(36-3)20(30)14-19/h4-14,25,34H,1-3H3. The minimum absolute atomic E-state index is 0.0175. The Labute approximate surface area is 223 Å². The number of ketones is 1. The van der Waals surface area contributed by atoms with Gasteiger partial charge in [-0.3, -0.25) is 14.5 Å². The number of benzene rings is 3. The van der Waals surface area contributed by atoms with Crippen molar-refractivity contribution in [2.24, 2.45) is 0 Å². The molecule has 0 spiro atoms. The third-order valence-corrected chi connectivity index (χ3v) is 6.82. The van der Waals surface area contributed by atoms with E-state index in [-0.39, 0.29) is 16.4 Å². The number of aliphatic hydroxyl groups is 1. The topological polar surface area (TPSA) is 83.2 Å². The van der Waals surface area contributed by atoms with Gasteiger partial charge in [-0.25, -0.2) is 0 Å². The molecule has 0 aliphatic carbocycles. The van der Waals surface area contributed by atoms with E-state index in [0.29, 0.717) is 33.0 Å². The number of halogens is 2. The fourth-order valence-corrected chi connectivity index (χ4v) is 4.87. The molecule has 1 aliphatic rings. The summed E-state index contributed by atoms with van der Waals surface area (Å²) in [6, 6.07) is 17.8. The molecule has 1 N–H and O–H groups in total. The molecular weight excluding hydrogens is 515 g/mol. The molecule has 9 heteroatoms. The quantitative estimate of drug-likeness (QED) is 0.279. The van der Waals surface area contributed by atoms with Crippen LogP contribution in [0, 0.1) is 0 Å². The number of fused-ring (bicyclic) bond motifs is 1. The highest BCUT2D eigenvalue weighted by Gasteiger charge is 2.45. The number of anilines is 2. The predicted molar refractivity (Wildman–Crippen MR) is 144 cm³/mol. The van der Waals surface area contributed by atoms with Crippen LogP contribution in [0.25, 0.3) is 11.0 Å². The monoisotopic (exact) mass is 536 g/mol. The van der Waals surface area contributed by atoms with Gasteiger partial charge >= 0.3 is 0 Å². The SMILES string of the molecule is COc1ccc(N2C(=O)C(O)=C(C(=O)c3cc4cc(Cl)ccc4o3)C2c2ccc(N(C)C)cc2)cc1Cl. The lowest BCUT2D eigenvalue weighted by Gasteiger charge is -2.27. The molecule has 0 saturated heterocycles. The summed E-state index contributed by atoms with van der Waals surface area (Å²) in [4.78, 5) is 30.5. The van der Waals surface area contributed by atoms with Crippen LogP contribution < -0.4 is 14.5 Å². The summed E-state index contributed by atoms with van der Waals surface area (Å²) in [5, 5.41) is 12.4. The van der Waals surface area contributed by atoms with Crippen molar-refractivity contribution < 1.29 is 23.8 Å². The van der Waals surface area contributed by atoms with E-state index in [4.69, 9.17) is 32.4 Å². The van der Waals surface area contributed by atoms with Gasteiger partial charge in [-0.2, -0.15) is 0 Å². The van der Waals surface area contributed by atoms with E-state index in [1.807, 2.05) is 43.3 Å². The molecule has 1 atom stereocenters. The summed E-state index contributed by atoms with van der Waals surface area (Å²) < 4.78 is 11.0. The highest BCUT2D eigenvalue weighted by Crippen LogP contribution is 2.44. The van der Waals surface area contributed by atoms with Gasteiger partial charge in [0.2, 0.25) is 5.78 Å². The van der Waals surface area contributed by atoms with Crippen LogP contribution in [0.5, 0.6) is 5.75 Å². The van der Waals surface area contributed by atoms with Crippen molar-refractivity contribution in [1.29, 1.82) is 0 Å². The Kier molecular flexibility index (Phi) is 6.35. The van der Waals surface area contributed by atoms with Crippen LogP contribution in [0.4, 0.5) is 11.4 Å². The first-order valence-electron chi connectivity index (χ1n) is 11.3. The van der Waals surface area contributed by atoms with Crippen LogP contribution in [-0.4, -0.2) is 38.0 Å². The van der Waals surface area contributed by atoms with Crippen molar-refractivity contribution in [3.8, 4) is 5.75 Å². The first-order valence-corrected chi connectivity index (χ1v) is 12.1. The summed E-state index contributed by atoms with van der Waals surface area (Å²) in [5.74, 6) is -1.58. The molecule has 3 aromatic carbocycles. The number of ether oxygens (including phenoxy) is 1. The van der Waals surface area contributed by atoms with Gasteiger partial charge in [0.25, 0.3) is 5.91 Å². The molecule has 5 rings (SSSR count). The Morgan fingerprint density at radius 1 is 1.03 bits per heavy atom. The van der Waals surface area contributed by atoms with E-state index in [2.05, 4.69) is 0 Å². The fraction of sp³-hybridized carbons (Fsp3) is 0.143. The fourth-order valence-electron chi connectivity index (χ4n) is 4.44. The first-order chi connectivity index (χ1) is 17.7. The predicted octanol–water partition coefficient (Wildman–Crippen LogP) is 6.60. The zero-order valence-corrected chi connectivity index (χ0v) is 21.7. The van der Waals surface area contributed by atoms with Gasteiger partial charge in [0.1, 0.15) is 11.3 Å². The second-order valence-electron chi connectivity index (χ2n) is 8.77. The number of rotatable bonds is 6. The second-order valence-corrected chi connectivity index (χ2v) is 9.61. The zero-order valence-electron chi connectivity index (χ0n) is 20.2. The van der Waals surface area contributed by atoms with E-state index in [9.17, 15) is 14.7 Å². The van der Waals surface area contributed by atoms with Crippen molar-refractivity contribution in [2.45, 2.75) is 6.04 Å². The van der Waals surface area contributed by atoms with Gasteiger partial charge in [-0.15, -0.1) is 0 Å². The lowest BCUT2D eigenvalue weighted by atomic mass is 9.94. The number of furan rings is 1. The number of aliphatic hydroxyl groups excluding tert-OH is 1. The van der Waals surface area contributed by atoms with Crippen molar-refractivity contribution in [1.82, 2.24) is 0 Å². The van der Waals surface area contributed by atoms with Crippen LogP contribution in [0.2, 0.25) is 10.0 Å². The molecule has 1 unspecified atom stereocenters. The van der Waals surface area contributed by atoms with Crippen LogP contribution in [-0.2, 0) is 4.79 Å². The molecular formula is C28H22Cl2N2O5. The lowest BCUT2D eigenvalue weighted by Crippen LogP contribution is -2.31. The van der Waals surface area contributed by atoms with Crippen LogP contribution >= 0.6 is 23.2 Å². The number of methoxy groups -OCH3 is 1. The van der Waals surface area contributed by atoms with Gasteiger partial charge < -0.3 is 19.2 Å². The molecule has 188 valence electrons. The Balaban J connectivity index is 1.65. The van der Waals surface area contributed by atoms with Crippen molar-refractivity contribution in [3.63, 3.8) is 0 Å². The average molecular weight is 537 g/mol. The zero-order chi connectivity index (χ0) is 26.4.